The molecule has 0 saturated heterocycles. The number of carbonyl (C=O) groups is 1. The van der Waals surface area contributed by atoms with E-state index >= 15 is 0 Å². The number of rotatable bonds is 3. The second-order valence-electron chi connectivity index (χ2n) is 4.94. The standard InChI is InChI=1S/C16H13BrClN3O2/c1-9-14(20-13-4-3-10(17)7-12(13)18)11(16(22)23-2)8-21-6-5-19-15(9)21/h3-8,20H,1-2H3. The number of fused-ring (bicyclic) bond motifs is 1. The van der Waals surface area contributed by atoms with E-state index in [0.29, 0.717) is 22.0 Å². The lowest BCUT2D eigenvalue weighted by Gasteiger charge is -2.16. The number of nitrogens with one attached hydrogen (secondary N) is 1. The average Bonchev–Trinajstić information content (AvgIpc) is 3.00. The number of anilines is 2. The highest BCUT2D eigenvalue weighted by Gasteiger charge is 2.19. The SMILES string of the molecule is COC(=O)c1cn2ccnc2c(C)c1Nc1ccc(Br)cc1Cl. The molecule has 0 bridgehead atoms. The van der Waals surface area contributed by atoms with Gasteiger partial charge in [0.25, 0.3) is 0 Å². The van der Waals surface area contributed by atoms with Crippen LogP contribution in [-0.4, -0.2) is 22.5 Å². The van der Waals surface area contributed by atoms with Crippen LogP contribution in [0.3, 0.4) is 0 Å². The van der Waals surface area contributed by atoms with E-state index in [1.165, 1.54) is 7.11 Å². The molecule has 3 rings (SSSR count). The minimum Gasteiger partial charge on any atom is -0.465 e. The van der Waals surface area contributed by atoms with Gasteiger partial charge in [-0.2, -0.15) is 0 Å². The van der Waals surface area contributed by atoms with Gasteiger partial charge in [-0.1, -0.05) is 27.5 Å². The lowest BCUT2D eigenvalue weighted by atomic mass is 10.1. The predicted octanol–water partition coefficient (Wildman–Crippen LogP) is 4.59. The van der Waals surface area contributed by atoms with Crippen molar-refractivity contribution in [1.29, 1.82) is 0 Å². The fraction of sp³-hybridized carbons (Fsp3) is 0.125. The van der Waals surface area contributed by atoms with Crippen LogP contribution < -0.4 is 5.32 Å². The molecule has 118 valence electrons. The quantitative estimate of drug-likeness (QED) is 0.660. The number of carbonyl (C=O) groups excluding carboxylic acids is 1. The Morgan fingerprint density at radius 3 is 2.91 bits per heavy atom. The number of benzene rings is 1. The van der Waals surface area contributed by atoms with Crippen LogP contribution in [0.4, 0.5) is 11.4 Å². The monoisotopic (exact) mass is 393 g/mol. The highest BCUT2D eigenvalue weighted by molar-refractivity contribution is 9.10. The van der Waals surface area contributed by atoms with Crippen molar-refractivity contribution in [3.05, 3.63) is 57.4 Å². The Balaban J connectivity index is 2.17. The van der Waals surface area contributed by atoms with Gasteiger partial charge in [-0.15, -0.1) is 0 Å². The van der Waals surface area contributed by atoms with E-state index < -0.39 is 5.97 Å². The number of hydrogen-bond donors (Lipinski definition) is 1. The van der Waals surface area contributed by atoms with Crippen molar-refractivity contribution in [2.24, 2.45) is 0 Å². The third kappa shape index (κ3) is 2.92. The number of aryl methyl sites for hydroxylation is 1. The summed E-state index contributed by atoms with van der Waals surface area (Å²) in [5.41, 5.74) is 3.32. The van der Waals surface area contributed by atoms with Gasteiger partial charge in [0.1, 0.15) is 11.2 Å². The lowest BCUT2D eigenvalue weighted by Crippen LogP contribution is -2.09. The van der Waals surface area contributed by atoms with Gasteiger partial charge >= 0.3 is 5.97 Å². The van der Waals surface area contributed by atoms with Crippen molar-refractivity contribution in [2.75, 3.05) is 12.4 Å². The van der Waals surface area contributed by atoms with Crippen LogP contribution in [0.25, 0.3) is 5.65 Å². The Labute approximate surface area is 146 Å². The number of aromatic nitrogens is 2. The number of halogens is 2. The molecule has 0 radical (unpaired) electrons. The molecular formula is C16H13BrClN3O2. The van der Waals surface area contributed by atoms with E-state index in [-0.39, 0.29) is 0 Å². The topological polar surface area (TPSA) is 55.6 Å². The zero-order valence-corrected chi connectivity index (χ0v) is 14.8. The number of esters is 1. The molecule has 0 unspecified atom stereocenters. The van der Waals surface area contributed by atoms with Crippen LogP contribution in [-0.2, 0) is 4.74 Å². The van der Waals surface area contributed by atoms with Crippen LogP contribution in [0.2, 0.25) is 5.02 Å². The van der Waals surface area contributed by atoms with Gasteiger partial charge in [-0.05, 0) is 25.1 Å². The summed E-state index contributed by atoms with van der Waals surface area (Å²) in [5.74, 6) is -0.431. The van der Waals surface area contributed by atoms with E-state index in [4.69, 9.17) is 16.3 Å². The highest BCUT2D eigenvalue weighted by Crippen LogP contribution is 2.33. The zero-order chi connectivity index (χ0) is 16.6. The summed E-state index contributed by atoms with van der Waals surface area (Å²) in [7, 11) is 1.35. The lowest BCUT2D eigenvalue weighted by molar-refractivity contribution is 0.0601. The molecule has 0 spiro atoms. The molecule has 0 atom stereocenters. The number of ether oxygens (including phenoxy) is 1. The molecule has 5 nitrogen and oxygen atoms in total. The number of pyridine rings is 1. The molecule has 0 fully saturated rings. The minimum atomic E-state index is -0.431. The molecule has 1 aromatic carbocycles. The van der Waals surface area contributed by atoms with E-state index in [9.17, 15) is 4.79 Å². The summed E-state index contributed by atoms with van der Waals surface area (Å²) in [6.45, 7) is 1.89. The maximum atomic E-state index is 12.1. The first-order valence-electron chi connectivity index (χ1n) is 6.78. The zero-order valence-electron chi connectivity index (χ0n) is 12.4. The Morgan fingerprint density at radius 2 is 2.22 bits per heavy atom. The Kier molecular flexibility index (Phi) is 4.28. The Bertz CT molecular complexity index is 908. The molecule has 0 saturated carbocycles. The van der Waals surface area contributed by atoms with Crippen molar-refractivity contribution in [2.45, 2.75) is 6.92 Å². The van der Waals surface area contributed by atoms with Crippen LogP contribution in [0.1, 0.15) is 15.9 Å². The highest BCUT2D eigenvalue weighted by atomic mass is 79.9. The van der Waals surface area contributed by atoms with Crippen molar-refractivity contribution in [3.8, 4) is 0 Å². The molecule has 0 aliphatic rings. The van der Waals surface area contributed by atoms with Gasteiger partial charge in [-0.3, -0.25) is 0 Å². The summed E-state index contributed by atoms with van der Waals surface area (Å²) < 4.78 is 7.56. The van der Waals surface area contributed by atoms with E-state index in [1.807, 2.05) is 19.1 Å². The van der Waals surface area contributed by atoms with Gasteiger partial charge in [0, 0.05) is 28.6 Å². The minimum absolute atomic E-state index is 0.412. The first kappa shape index (κ1) is 15.8. The van der Waals surface area contributed by atoms with Crippen LogP contribution >= 0.6 is 27.5 Å². The van der Waals surface area contributed by atoms with E-state index in [0.717, 1.165) is 15.7 Å². The summed E-state index contributed by atoms with van der Waals surface area (Å²) in [4.78, 5) is 16.5. The third-order valence-electron chi connectivity index (χ3n) is 3.51. The van der Waals surface area contributed by atoms with Gasteiger partial charge in [0.05, 0.1) is 23.5 Å². The van der Waals surface area contributed by atoms with Crippen LogP contribution in [0, 0.1) is 6.92 Å². The Hall–Kier alpha value is -2.05. The van der Waals surface area contributed by atoms with Crippen LogP contribution in [0.5, 0.6) is 0 Å². The average molecular weight is 395 g/mol. The number of imidazole rings is 1. The number of nitrogens with zero attached hydrogens (tertiary/aromatic N) is 2. The second-order valence-corrected chi connectivity index (χ2v) is 6.26. The Morgan fingerprint density at radius 1 is 1.43 bits per heavy atom. The molecule has 0 aliphatic heterocycles. The third-order valence-corrected chi connectivity index (χ3v) is 4.32. The smallest absolute Gasteiger partial charge is 0.341 e. The second kappa shape index (κ2) is 6.22. The molecule has 0 aliphatic carbocycles. The first-order valence-corrected chi connectivity index (χ1v) is 7.95. The maximum absolute atomic E-state index is 12.1. The first-order chi connectivity index (χ1) is 11.0. The van der Waals surface area contributed by atoms with Crippen molar-refractivity contribution < 1.29 is 9.53 Å². The van der Waals surface area contributed by atoms with E-state index in [1.54, 1.807) is 29.1 Å². The molecule has 7 heteroatoms. The van der Waals surface area contributed by atoms with Gasteiger partial charge in [0.15, 0.2) is 0 Å². The summed E-state index contributed by atoms with van der Waals surface area (Å²) >= 11 is 9.64. The molecule has 0 amide bonds. The molecule has 3 aromatic rings. The number of methoxy groups -OCH3 is 1. The maximum Gasteiger partial charge on any atom is 0.341 e. The largest absolute Gasteiger partial charge is 0.465 e. The molecule has 2 aromatic heterocycles. The predicted molar refractivity (Wildman–Crippen MR) is 93.7 cm³/mol. The molecule has 23 heavy (non-hydrogen) atoms. The summed E-state index contributed by atoms with van der Waals surface area (Å²) in [6.07, 6.45) is 5.15. The number of hydrogen-bond acceptors (Lipinski definition) is 4. The van der Waals surface area contributed by atoms with Crippen molar-refractivity contribution in [3.63, 3.8) is 0 Å². The normalized spacial score (nSPS) is 10.8. The van der Waals surface area contributed by atoms with Crippen molar-refractivity contribution in [1.82, 2.24) is 9.38 Å². The fourth-order valence-electron chi connectivity index (χ4n) is 2.38. The fourth-order valence-corrected chi connectivity index (χ4v) is 3.10. The molecule has 1 N–H and O–H groups in total. The van der Waals surface area contributed by atoms with Gasteiger partial charge < -0.3 is 14.5 Å². The van der Waals surface area contributed by atoms with Crippen molar-refractivity contribution >= 4 is 50.5 Å². The molecule has 2 heterocycles. The summed E-state index contributed by atoms with van der Waals surface area (Å²) in [5, 5.41) is 3.77. The van der Waals surface area contributed by atoms with Gasteiger partial charge in [-0.25, -0.2) is 9.78 Å². The van der Waals surface area contributed by atoms with Gasteiger partial charge in [0.2, 0.25) is 0 Å². The van der Waals surface area contributed by atoms with E-state index in [2.05, 4.69) is 26.2 Å². The summed E-state index contributed by atoms with van der Waals surface area (Å²) in [6, 6.07) is 5.49. The molecular weight excluding hydrogens is 382 g/mol. The van der Waals surface area contributed by atoms with Crippen LogP contribution in [0.15, 0.2) is 41.3 Å².